The standard InChI is InChI=1S/C13H23N3OS/c1-2-4-14-9-13-15-12(11-18-13)10-16-5-3-7-17-8-6-16/h11,14H,2-10H2,1H3. The minimum Gasteiger partial charge on any atom is -0.380 e. The Balaban J connectivity index is 1.78. The summed E-state index contributed by atoms with van der Waals surface area (Å²) >= 11 is 1.76. The first kappa shape index (κ1) is 13.9. The van der Waals surface area contributed by atoms with Gasteiger partial charge in [-0.1, -0.05) is 6.92 Å². The number of thiazole rings is 1. The Morgan fingerprint density at radius 1 is 1.44 bits per heavy atom. The van der Waals surface area contributed by atoms with Crippen LogP contribution in [-0.2, 0) is 17.8 Å². The van der Waals surface area contributed by atoms with Crippen LogP contribution in [0.2, 0.25) is 0 Å². The molecule has 1 saturated heterocycles. The fraction of sp³-hybridized carbons (Fsp3) is 0.769. The van der Waals surface area contributed by atoms with E-state index in [4.69, 9.17) is 4.74 Å². The van der Waals surface area contributed by atoms with Gasteiger partial charge in [-0.25, -0.2) is 4.98 Å². The number of ether oxygens (including phenoxy) is 1. The van der Waals surface area contributed by atoms with Crippen LogP contribution < -0.4 is 5.32 Å². The number of hydrogen-bond acceptors (Lipinski definition) is 5. The Labute approximate surface area is 113 Å². The monoisotopic (exact) mass is 269 g/mol. The first-order chi connectivity index (χ1) is 8.88. The van der Waals surface area contributed by atoms with Gasteiger partial charge < -0.3 is 10.1 Å². The van der Waals surface area contributed by atoms with E-state index < -0.39 is 0 Å². The van der Waals surface area contributed by atoms with E-state index in [-0.39, 0.29) is 0 Å². The highest BCUT2D eigenvalue weighted by Gasteiger charge is 2.11. The van der Waals surface area contributed by atoms with Crippen molar-refractivity contribution in [2.75, 3.05) is 32.8 Å². The first-order valence-electron chi connectivity index (χ1n) is 6.82. The van der Waals surface area contributed by atoms with Gasteiger partial charge >= 0.3 is 0 Å². The van der Waals surface area contributed by atoms with Gasteiger partial charge in [-0.2, -0.15) is 0 Å². The summed E-state index contributed by atoms with van der Waals surface area (Å²) < 4.78 is 5.46. The van der Waals surface area contributed by atoms with Crippen LogP contribution >= 0.6 is 11.3 Å². The largest absolute Gasteiger partial charge is 0.380 e. The van der Waals surface area contributed by atoms with Crippen molar-refractivity contribution < 1.29 is 4.74 Å². The van der Waals surface area contributed by atoms with E-state index >= 15 is 0 Å². The van der Waals surface area contributed by atoms with Crippen molar-refractivity contribution in [3.63, 3.8) is 0 Å². The van der Waals surface area contributed by atoms with Gasteiger partial charge in [-0.15, -0.1) is 11.3 Å². The molecule has 0 amide bonds. The summed E-state index contributed by atoms with van der Waals surface area (Å²) in [6.07, 6.45) is 2.31. The van der Waals surface area contributed by atoms with Crippen molar-refractivity contribution in [2.45, 2.75) is 32.9 Å². The fourth-order valence-electron chi connectivity index (χ4n) is 2.06. The van der Waals surface area contributed by atoms with Gasteiger partial charge in [-0.3, -0.25) is 4.90 Å². The third kappa shape index (κ3) is 4.65. The molecule has 2 rings (SSSR count). The second-order valence-corrected chi connectivity index (χ2v) is 5.59. The molecule has 0 aromatic carbocycles. The lowest BCUT2D eigenvalue weighted by Gasteiger charge is -2.17. The molecule has 1 fully saturated rings. The maximum Gasteiger partial charge on any atom is 0.107 e. The zero-order chi connectivity index (χ0) is 12.6. The minimum atomic E-state index is 0.856. The van der Waals surface area contributed by atoms with Crippen molar-refractivity contribution in [3.05, 3.63) is 16.1 Å². The van der Waals surface area contributed by atoms with Crippen molar-refractivity contribution in [2.24, 2.45) is 0 Å². The van der Waals surface area contributed by atoms with Crippen LogP contribution in [0, 0.1) is 0 Å². The number of rotatable bonds is 6. The first-order valence-corrected chi connectivity index (χ1v) is 7.70. The Bertz CT molecular complexity index is 335. The molecule has 0 saturated carbocycles. The van der Waals surface area contributed by atoms with E-state index in [1.54, 1.807) is 11.3 Å². The average Bonchev–Trinajstić information content (AvgIpc) is 2.65. The molecule has 2 heterocycles. The second-order valence-electron chi connectivity index (χ2n) is 4.65. The molecule has 1 aromatic rings. The van der Waals surface area contributed by atoms with E-state index in [0.717, 1.165) is 52.4 Å². The van der Waals surface area contributed by atoms with Crippen molar-refractivity contribution >= 4 is 11.3 Å². The molecule has 1 aromatic heterocycles. The quantitative estimate of drug-likeness (QED) is 0.800. The molecular weight excluding hydrogens is 246 g/mol. The van der Waals surface area contributed by atoms with E-state index in [1.807, 2.05) is 0 Å². The van der Waals surface area contributed by atoms with Gasteiger partial charge in [0, 0.05) is 38.2 Å². The van der Waals surface area contributed by atoms with E-state index in [1.165, 1.54) is 17.1 Å². The van der Waals surface area contributed by atoms with Gasteiger partial charge in [0.1, 0.15) is 5.01 Å². The lowest BCUT2D eigenvalue weighted by molar-refractivity contribution is 0.140. The number of nitrogens with zero attached hydrogens (tertiary/aromatic N) is 2. The molecule has 4 nitrogen and oxygen atoms in total. The van der Waals surface area contributed by atoms with Crippen LogP contribution in [0.1, 0.15) is 30.5 Å². The van der Waals surface area contributed by atoms with Crippen molar-refractivity contribution in [3.8, 4) is 0 Å². The Kier molecular flexibility index (Phi) is 6.07. The summed E-state index contributed by atoms with van der Waals surface area (Å²) in [5.74, 6) is 0. The molecule has 0 atom stereocenters. The smallest absolute Gasteiger partial charge is 0.107 e. The van der Waals surface area contributed by atoms with Crippen LogP contribution in [0.3, 0.4) is 0 Å². The summed E-state index contributed by atoms with van der Waals surface area (Å²) in [5.41, 5.74) is 1.20. The van der Waals surface area contributed by atoms with Crippen LogP contribution in [0.4, 0.5) is 0 Å². The molecule has 0 aliphatic carbocycles. The summed E-state index contributed by atoms with van der Waals surface area (Å²) in [7, 11) is 0. The van der Waals surface area contributed by atoms with Gasteiger partial charge in [0.25, 0.3) is 0 Å². The summed E-state index contributed by atoms with van der Waals surface area (Å²) in [5, 5.41) is 6.78. The molecule has 1 aliphatic heterocycles. The highest BCUT2D eigenvalue weighted by atomic mass is 32.1. The number of nitrogens with one attached hydrogen (secondary N) is 1. The Hall–Kier alpha value is -0.490. The highest BCUT2D eigenvalue weighted by Crippen LogP contribution is 2.12. The molecule has 0 spiro atoms. The lowest BCUT2D eigenvalue weighted by atomic mass is 10.3. The average molecular weight is 269 g/mol. The van der Waals surface area contributed by atoms with E-state index in [9.17, 15) is 0 Å². The van der Waals surface area contributed by atoms with E-state index in [0.29, 0.717) is 0 Å². The SMILES string of the molecule is CCCNCc1nc(CN2CCCOCC2)cs1. The topological polar surface area (TPSA) is 37.4 Å². The van der Waals surface area contributed by atoms with Crippen molar-refractivity contribution in [1.29, 1.82) is 0 Å². The lowest BCUT2D eigenvalue weighted by Crippen LogP contribution is -2.26. The number of aromatic nitrogens is 1. The van der Waals surface area contributed by atoms with Crippen LogP contribution in [0.15, 0.2) is 5.38 Å². The summed E-state index contributed by atoms with van der Waals surface area (Å²) in [6, 6.07) is 0. The second kappa shape index (κ2) is 7.84. The van der Waals surface area contributed by atoms with Gasteiger partial charge in [0.05, 0.1) is 12.3 Å². The normalized spacial score (nSPS) is 17.8. The molecule has 18 heavy (non-hydrogen) atoms. The Morgan fingerprint density at radius 2 is 2.39 bits per heavy atom. The molecule has 1 aliphatic rings. The molecule has 0 bridgehead atoms. The highest BCUT2D eigenvalue weighted by molar-refractivity contribution is 7.09. The zero-order valence-corrected chi connectivity index (χ0v) is 12.0. The number of hydrogen-bond donors (Lipinski definition) is 1. The van der Waals surface area contributed by atoms with Gasteiger partial charge in [0.15, 0.2) is 0 Å². The van der Waals surface area contributed by atoms with Crippen molar-refractivity contribution in [1.82, 2.24) is 15.2 Å². The molecule has 1 N–H and O–H groups in total. The van der Waals surface area contributed by atoms with Gasteiger partial charge in [0.2, 0.25) is 0 Å². The predicted octanol–water partition coefficient (Wildman–Crippen LogP) is 1.86. The minimum absolute atomic E-state index is 0.856. The predicted molar refractivity (Wildman–Crippen MR) is 74.8 cm³/mol. The van der Waals surface area contributed by atoms with Crippen LogP contribution in [0.5, 0.6) is 0 Å². The Morgan fingerprint density at radius 3 is 3.28 bits per heavy atom. The molecular formula is C13H23N3OS. The molecule has 0 radical (unpaired) electrons. The fourth-order valence-corrected chi connectivity index (χ4v) is 2.81. The van der Waals surface area contributed by atoms with Crippen LogP contribution in [-0.4, -0.2) is 42.7 Å². The maximum absolute atomic E-state index is 5.46. The maximum atomic E-state index is 5.46. The third-order valence-electron chi connectivity index (χ3n) is 3.00. The van der Waals surface area contributed by atoms with E-state index in [2.05, 4.69) is 27.5 Å². The zero-order valence-electron chi connectivity index (χ0n) is 11.2. The summed E-state index contributed by atoms with van der Waals surface area (Å²) in [6.45, 7) is 9.03. The van der Waals surface area contributed by atoms with Crippen LogP contribution in [0.25, 0.3) is 0 Å². The molecule has 0 unspecified atom stereocenters. The molecule has 102 valence electrons. The third-order valence-corrected chi connectivity index (χ3v) is 3.90. The summed E-state index contributed by atoms with van der Waals surface area (Å²) in [4.78, 5) is 7.12. The molecule has 5 heteroatoms. The van der Waals surface area contributed by atoms with Gasteiger partial charge in [-0.05, 0) is 19.4 Å².